The summed E-state index contributed by atoms with van der Waals surface area (Å²) in [6.45, 7) is 0.996. The summed E-state index contributed by atoms with van der Waals surface area (Å²) < 4.78 is 13.7. The molecular formula is C13H17FN2O. The van der Waals surface area contributed by atoms with Gasteiger partial charge in [0.25, 0.3) is 0 Å². The van der Waals surface area contributed by atoms with Crippen molar-refractivity contribution >= 4 is 11.6 Å². The second-order valence-electron chi connectivity index (χ2n) is 4.36. The molecule has 1 fully saturated rings. The van der Waals surface area contributed by atoms with Crippen LogP contribution in [0.2, 0.25) is 0 Å². The Labute approximate surface area is 100 Å². The second kappa shape index (κ2) is 5.27. The SMILES string of the molecule is NCCCN(C(=O)C1CC1)c1ccccc1F. The molecule has 0 spiro atoms. The molecule has 1 saturated carbocycles. The lowest BCUT2D eigenvalue weighted by Gasteiger charge is -2.23. The first-order valence-corrected chi connectivity index (χ1v) is 6.00. The Bertz CT molecular complexity index is 404. The predicted octanol–water partition coefficient (Wildman–Crippen LogP) is 1.92. The van der Waals surface area contributed by atoms with E-state index in [1.807, 2.05) is 0 Å². The van der Waals surface area contributed by atoms with Gasteiger partial charge in [-0.1, -0.05) is 12.1 Å². The first-order chi connectivity index (χ1) is 8.24. The third kappa shape index (κ3) is 2.82. The number of anilines is 1. The molecular weight excluding hydrogens is 219 g/mol. The zero-order valence-electron chi connectivity index (χ0n) is 9.73. The number of carbonyl (C=O) groups excluding carboxylic acids is 1. The standard InChI is InChI=1S/C13H17FN2O/c14-11-4-1-2-5-12(11)16(9-3-8-15)13(17)10-6-7-10/h1-2,4-5,10H,3,6-9,15H2. The normalized spacial score (nSPS) is 14.7. The summed E-state index contributed by atoms with van der Waals surface area (Å²) in [4.78, 5) is 13.6. The van der Waals surface area contributed by atoms with Crippen LogP contribution in [-0.4, -0.2) is 19.0 Å². The summed E-state index contributed by atoms with van der Waals surface area (Å²) in [5.41, 5.74) is 5.83. The van der Waals surface area contributed by atoms with Gasteiger partial charge < -0.3 is 10.6 Å². The fraction of sp³-hybridized carbons (Fsp3) is 0.462. The highest BCUT2D eigenvalue weighted by Gasteiger charge is 2.34. The van der Waals surface area contributed by atoms with Crippen molar-refractivity contribution in [3.05, 3.63) is 30.1 Å². The lowest BCUT2D eigenvalue weighted by Crippen LogP contribution is -2.34. The fourth-order valence-electron chi connectivity index (χ4n) is 1.82. The molecule has 92 valence electrons. The zero-order chi connectivity index (χ0) is 12.3. The van der Waals surface area contributed by atoms with E-state index in [1.165, 1.54) is 6.07 Å². The molecule has 0 unspecified atom stereocenters. The van der Waals surface area contributed by atoms with Gasteiger partial charge in [-0.2, -0.15) is 0 Å². The van der Waals surface area contributed by atoms with E-state index in [4.69, 9.17) is 5.73 Å². The summed E-state index contributed by atoms with van der Waals surface area (Å²) in [7, 11) is 0. The molecule has 0 heterocycles. The number of benzene rings is 1. The highest BCUT2D eigenvalue weighted by Crippen LogP contribution is 2.33. The Morgan fingerprint density at radius 1 is 1.41 bits per heavy atom. The van der Waals surface area contributed by atoms with E-state index in [2.05, 4.69) is 0 Å². The van der Waals surface area contributed by atoms with E-state index in [9.17, 15) is 9.18 Å². The van der Waals surface area contributed by atoms with Crippen LogP contribution >= 0.6 is 0 Å². The van der Waals surface area contributed by atoms with Crippen molar-refractivity contribution in [3.8, 4) is 0 Å². The highest BCUT2D eigenvalue weighted by atomic mass is 19.1. The summed E-state index contributed by atoms with van der Waals surface area (Å²) in [6.07, 6.45) is 2.53. The van der Waals surface area contributed by atoms with Crippen LogP contribution in [0.25, 0.3) is 0 Å². The molecule has 4 heteroatoms. The van der Waals surface area contributed by atoms with E-state index < -0.39 is 0 Å². The monoisotopic (exact) mass is 236 g/mol. The molecule has 0 aliphatic heterocycles. The molecule has 0 bridgehead atoms. The molecule has 0 radical (unpaired) electrons. The topological polar surface area (TPSA) is 46.3 Å². The summed E-state index contributed by atoms with van der Waals surface area (Å²) >= 11 is 0. The number of hydrogen-bond donors (Lipinski definition) is 1. The van der Waals surface area contributed by atoms with E-state index in [1.54, 1.807) is 23.1 Å². The Morgan fingerprint density at radius 2 is 2.12 bits per heavy atom. The molecule has 3 nitrogen and oxygen atoms in total. The number of hydrogen-bond acceptors (Lipinski definition) is 2. The van der Waals surface area contributed by atoms with Gasteiger partial charge in [-0.3, -0.25) is 4.79 Å². The van der Waals surface area contributed by atoms with Crippen LogP contribution in [0.1, 0.15) is 19.3 Å². The molecule has 17 heavy (non-hydrogen) atoms. The minimum absolute atomic E-state index is 0.0311. The van der Waals surface area contributed by atoms with Crippen molar-refractivity contribution in [1.82, 2.24) is 0 Å². The van der Waals surface area contributed by atoms with Gasteiger partial charge in [0.2, 0.25) is 5.91 Å². The first-order valence-electron chi connectivity index (χ1n) is 6.00. The summed E-state index contributed by atoms with van der Waals surface area (Å²) in [5, 5.41) is 0. The van der Waals surface area contributed by atoms with Crippen LogP contribution in [0, 0.1) is 11.7 Å². The average Bonchev–Trinajstić information content (AvgIpc) is 3.15. The van der Waals surface area contributed by atoms with Crippen molar-refractivity contribution < 1.29 is 9.18 Å². The van der Waals surface area contributed by atoms with E-state index in [0.29, 0.717) is 25.2 Å². The van der Waals surface area contributed by atoms with Crippen LogP contribution < -0.4 is 10.6 Å². The quantitative estimate of drug-likeness (QED) is 0.849. The first kappa shape index (κ1) is 12.0. The number of para-hydroxylation sites is 1. The van der Waals surface area contributed by atoms with E-state index >= 15 is 0 Å². The van der Waals surface area contributed by atoms with Crippen molar-refractivity contribution in [1.29, 1.82) is 0 Å². The lowest BCUT2D eigenvalue weighted by molar-refractivity contribution is -0.119. The van der Waals surface area contributed by atoms with Crippen LogP contribution in [0.15, 0.2) is 24.3 Å². The van der Waals surface area contributed by atoms with Crippen LogP contribution in [0.5, 0.6) is 0 Å². The molecule has 0 saturated heterocycles. The van der Waals surface area contributed by atoms with Gasteiger partial charge in [0.05, 0.1) is 5.69 Å². The molecule has 1 aromatic carbocycles. The largest absolute Gasteiger partial charge is 0.330 e. The molecule has 0 atom stereocenters. The van der Waals surface area contributed by atoms with Gasteiger partial charge in [0.15, 0.2) is 0 Å². The zero-order valence-corrected chi connectivity index (χ0v) is 9.73. The van der Waals surface area contributed by atoms with Gasteiger partial charge >= 0.3 is 0 Å². The maximum atomic E-state index is 13.7. The molecule has 1 aliphatic rings. The maximum absolute atomic E-state index is 13.7. The van der Waals surface area contributed by atoms with Gasteiger partial charge in [-0.25, -0.2) is 4.39 Å². The highest BCUT2D eigenvalue weighted by molar-refractivity contribution is 5.96. The van der Waals surface area contributed by atoms with Gasteiger partial charge in [-0.15, -0.1) is 0 Å². The predicted molar refractivity (Wildman–Crippen MR) is 65.1 cm³/mol. The van der Waals surface area contributed by atoms with Gasteiger partial charge in [0.1, 0.15) is 5.82 Å². The van der Waals surface area contributed by atoms with Crippen LogP contribution in [0.4, 0.5) is 10.1 Å². The van der Waals surface area contributed by atoms with E-state index in [-0.39, 0.29) is 17.6 Å². The minimum Gasteiger partial charge on any atom is -0.330 e. The molecule has 0 aromatic heterocycles. The molecule has 2 rings (SSSR count). The van der Waals surface area contributed by atoms with Crippen molar-refractivity contribution in [2.75, 3.05) is 18.0 Å². The van der Waals surface area contributed by atoms with Gasteiger partial charge in [0, 0.05) is 12.5 Å². The van der Waals surface area contributed by atoms with Crippen molar-refractivity contribution in [2.24, 2.45) is 11.7 Å². The number of nitrogens with two attached hydrogens (primary N) is 1. The molecule has 1 amide bonds. The number of nitrogens with zero attached hydrogens (tertiary/aromatic N) is 1. The third-order valence-electron chi connectivity index (χ3n) is 2.92. The maximum Gasteiger partial charge on any atom is 0.230 e. The Morgan fingerprint density at radius 3 is 2.71 bits per heavy atom. The third-order valence-corrected chi connectivity index (χ3v) is 2.92. The smallest absolute Gasteiger partial charge is 0.230 e. The van der Waals surface area contributed by atoms with Crippen LogP contribution in [-0.2, 0) is 4.79 Å². The number of halogens is 1. The number of carbonyl (C=O) groups is 1. The lowest BCUT2D eigenvalue weighted by atomic mass is 10.2. The van der Waals surface area contributed by atoms with Crippen molar-refractivity contribution in [3.63, 3.8) is 0 Å². The Balaban J connectivity index is 2.19. The summed E-state index contributed by atoms with van der Waals surface area (Å²) in [5.74, 6) is -0.227. The second-order valence-corrected chi connectivity index (χ2v) is 4.36. The fourth-order valence-corrected chi connectivity index (χ4v) is 1.82. The van der Waals surface area contributed by atoms with Crippen molar-refractivity contribution in [2.45, 2.75) is 19.3 Å². The summed E-state index contributed by atoms with van der Waals surface area (Å²) in [6, 6.07) is 6.40. The number of amides is 1. The number of rotatable bonds is 5. The molecule has 1 aromatic rings. The Hall–Kier alpha value is -1.42. The van der Waals surface area contributed by atoms with Crippen LogP contribution in [0.3, 0.4) is 0 Å². The molecule has 2 N–H and O–H groups in total. The molecule has 1 aliphatic carbocycles. The average molecular weight is 236 g/mol. The van der Waals surface area contributed by atoms with E-state index in [0.717, 1.165) is 12.8 Å². The Kier molecular flexibility index (Phi) is 3.74. The van der Waals surface area contributed by atoms with Gasteiger partial charge in [-0.05, 0) is 37.9 Å². The minimum atomic E-state index is -0.349.